The predicted molar refractivity (Wildman–Crippen MR) is 65.2 cm³/mol. The van der Waals surface area contributed by atoms with Crippen LogP contribution >= 0.6 is 0 Å². The molecule has 2 aromatic rings. The van der Waals surface area contributed by atoms with Crippen molar-refractivity contribution in [3.63, 3.8) is 0 Å². The van der Waals surface area contributed by atoms with Crippen LogP contribution in [0.2, 0.25) is 0 Å². The molecule has 0 aliphatic rings. The van der Waals surface area contributed by atoms with Gasteiger partial charge < -0.3 is 5.32 Å². The number of rotatable bonds is 3. The number of nitro groups is 1. The van der Waals surface area contributed by atoms with E-state index in [4.69, 9.17) is 0 Å². The van der Waals surface area contributed by atoms with E-state index in [0.29, 0.717) is 6.07 Å². The van der Waals surface area contributed by atoms with E-state index >= 15 is 0 Å². The standard InChI is InChI=1S/C12H7F2N3O3/c13-7-1-2-8(11(5-7)17(19)20)12(18)16-10-3-4-15-6-9(10)14/h1-6H,(H,15,16,18). The topological polar surface area (TPSA) is 85.1 Å². The maximum Gasteiger partial charge on any atom is 0.285 e. The molecule has 8 heteroatoms. The van der Waals surface area contributed by atoms with Gasteiger partial charge in [0.25, 0.3) is 11.6 Å². The zero-order valence-electron chi connectivity index (χ0n) is 9.84. The Morgan fingerprint density at radius 2 is 2.05 bits per heavy atom. The summed E-state index contributed by atoms with van der Waals surface area (Å²) in [6.07, 6.45) is 2.13. The molecule has 0 unspecified atom stereocenters. The lowest BCUT2D eigenvalue weighted by Crippen LogP contribution is -2.15. The van der Waals surface area contributed by atoms with Crippen LogP contribution in [-0.2, 0) is 0 Å². The first-order valence-corrected chi connectivity index (χ1v) is 5.34. The average Bonchev–Trinajstić information content (AvgIpc) is 2.41. The third-order valence-corrected chi connectivity index (χ3v) is 2.42. The van der Waals surface area contributed by atoms with Crippen molar-refractivity contribution in [3.05, 3.63) is 64.0 Å². The number of nitrogens with zero attached hydrogens (tertiary/aromatic N) is 2. The van der Waals surface area contributed by atoms with Crippen molar-refractivity contribution in [3.8, 4) is 0 Å². The molecule has 20 heavy (non-hydrogen) atoms. The van der Waals surface area contributed by atoms with Crippen LogP contribution in [0.5, 0.6) is 0 Å². The summed E-state index contributed by atoms with van der Waals surface area (Å²) in [5.41, 5.74) is -1.24. The van der Waals surface area contributed by atoms with E-state index in [-0.39, 0.29) is 11.3 Å². The van der Waals surface area contributed by atoms with Crippen molar-refractivity contribution < 1.29 is 18.5 Å². The average molecular weight is 279 g/mol. The zero-order valence-corrected chi connectivity index (χ0v) is 9.84. The van der Waals surface area contributed by atoms with Crippen LogP contribution < -0.4 is 5.32 Å². The normalized spacial score (nSPS) is 10.1. The number of hydrogen-bond donors (Lipinski definition) is 1. The summed E-state index contributed by atoms with van der Waals surface area (Å²) in [5.74, 6) is -2.55. The van der Waals surface area contributed by atoms with Crippen molar-refractivity contribution in [1.82, 2.24) is 4.98 Å². The number of hydrogen-bond acceptors (Lipinski definition) is 4. The van der Waals surface area contributed by atoms with Crippen molar-refractivity contribution >= 4 is 17.3 Å². The van der Waals surface area contributed by atoms with Gasteiger partial charge in [-0.15, -0.1) is 0 Å². The van der Waals surface area contributed by atoms with E-state index in [1.54, 1.807) is 0 Å². The van der Waals surface area contributed by atoms with Crippen molar-refractivity contribution in [2.24, 2.45) is 0 Å². The molecule has 0 spiro atoms. The van der Waals surface area contributed by atoms with Gasteiger partial charge in [-0.25, -0.2) is 8.78 Å². The van der Waals surface area contributed by atoms with Crippen LogP contribution in [0.15, 0.2) is 36.7 Å². The molecule has 0 fully saturated rings. The quantitative estimate of drug-likeness (QED) is 0.691. The third-order valence-electron chi connectivity index (χ3n) is 2.42. The number of carbonyl (C=O) groups excluding carboxylic acids is 1. The molecule has 102 valence electrons. The molecule has 6 nitrogen and oxygen atoms in total. The Bertz CT molecular complexity index is 691. The molecule has 1 aromatic heterocycles. The van der Waals surface area contributed by atoms with E-state index in [0.717, 1.165) is 18.3 Å². The summed E-state index contributed by atoms with van der Waals surface area (Å²) in [5, 5.41) is 12.9. The minimum absolute atomic E-state index is 0.177. The van der Waals surface area contributed by atoms with Gasteiger partial charge in [0.15, 0.2) is 5.82 Å². The molecule has 0 bridgehead atoms. The second-order valence-electron chi connectivity index (χ2n) is 3.73. The van der Waals surface area contributed by atoms with Crippen LogP contribution in [0.25, 0.3) is 0 Å². The van der Waals surface area contributed by atoms with Gasteiger partial charge in [0, 0.05) is 6.20 Å². The number of nitro benzene ring substituents is 1. The fraction of sp³-hybridized carbons (Fsp3) is 0. The van der Waals surface area contributed by atoms with E-state index in [1.165, 1.54) is 12.3 Å². The minimum atomic E-state index is -0.915. The highest BCUT2D eigenvalue weighted by Crippen LogP contribution is 2.21. The monoisotopic (exact) mass is 279 g/mol. The minimum Gasteiger partial charge on any atom is -0.319 e. The van der Waals surface area contributed by atoms with Crippen LogP contribution in [0.4, 0.5) is 20.2 Å². The third kappa shape index (κ3) is 2.74. The van der Waals surface area contributed by atoms with Gasteiger partial charge in [0.1, 0.15) is 11.4 Å². The first kappa shape index (κ1) is 13.5. The Morgan fingerprint density at radius 3 is 2.70 bits per heavy atom. The molecule has 2 rings (SSSR count). The summed E-state index contributed by atoms with van der Waals surface area (Å²) >= 11 is 0. The first-order valence-electron chi connectivity index (χ1n) is 5.34. The molecule has 1 N–H and O–H groups in total. The smallest absolute Gasteiger partial charge is 0.285 e. The number of halogens is 2. The molecular formula is C12H7F2N3O3. The predicted octanol–water partition coefficient (Wildman–Crippen LogP) is 2.52. The second kappa shape index (κ2) is 5.39. The van der Waals surface area contributed by atoms with Crippen molar-refractivity contribution in [1.29, 1.82) is 0 Å². The highest BCUT2D eigenvalue weighted by molar-refractivity contribution is 6.07. The fourth-order valence-corrected chi connectivity index (χ4v) is 1.51. The van der Waals surface area contributed by atoms with Crippen LogP contribution in [0, 0.1) is 21.7 Å². The second-order valence-corrected chi connectivity index (χ2v) is 3.73. The van der Waals surface area contributed by atoms with Crippen LogP contribution in [0.3, 0.4) is 0 Å². The van der Waals surface area contributed by atoms with E-state index in [9.17, 15) is 23.7 Å². The van der Waals surface area contributed by atoms with Gasteiger partial charge in [-0.2, -0.15) is 0 Å². The van der Waals surface area contributed by atoms with Gasteiger partial charge in [-0.05, 0) is 18.2 Å². The maximum absolute atomic E-state index is 13.3. The molecule has 0 saturated carbocycles. The lowest BCUT2D eigenvalue weighted by atomic mass is 10.1. The molecule has 1 amide bonds. The lowest BCUT2D eigenvalue weighted by molar-refractivity contribution is -0.385. The Hall–Kier alpha value is -2.90. The summed E-state index contributed by atoms with van der Waals surface area (Å²) in [7, 11) is 0. The molecule has 0 atom stereocenters. The van der Waals surface area contributed by atoms with Crippen molar-refractivity contribution in [2.45, 2.75) is 0 Å². The van der Waals surface area contributed by atoms with E-state index in [2.05, 4.69) is 10.3 Å². The number of pyridine rings is 1. The fourth-order valence-electron chi connectivity index (χ4n) is 1.51. The number of benzene rings is 1. The Labute approximate surface area is 111 Å². The van der Waals surface area contributed by atoms with Crippen LogP contribution in [0.1, 0.15) is 10.4 Å². The lowest BCUT2D eigenvalue weighted by Gasteiger charge is -2.06. The van der Waals surface area contributed by atoms with Gasteiger partial charge in [-0.3, -0.25) is 19.9 Å². The summed E-state index contributed by atoms with van der Waals surface area (Å²) in [4.78, 5) is 25.3. The SMILES string of the molecule is O=C(Nc1ccncc1F)c1ccc(F)cc1[N+](=O)[O-]. The highest BCUT2D eigenvalue weighted by atomic mass is 19.1. The molecule has 1 heterocycles. The molecular weight excluding hydrogens is 272 g/mol. The maximum atomic E-state index is 13.3. The molecule has 1 aromatic carbocycles. The summed E-state index contributed by atoms with van der Waals surface area (Å²) in [6.45, 7) is 0. The Kier molecular flexibility index (Phi) is 3.65. The number of amides is 1. The summed E-state index contributed by atoms with van der Waals surface area (Å²) in [6, 6.07) is 3.69. The van der Waals surface area contributed by atoms with Gasteiger partial charge in [0.2, 0.25) is 0 Å². The summed E-state index contributed by atoms with van der Waals surface area (Å²) < 4.78 is 26.3. The largest absolute Gasteiger partial charge is 0.319 e. The van der Waals surface area contributed by atoms with Gasteiger partial charge in [0.05, 0.1) is 22.9 Å². The molecule has 0 radical (unpaired) electrons. The molecule has 0 aliphatic carbocycles. The molecule has 0 saturated heterocycles. The number of anilines is 1. The van der Waals surface area contributed by atoms with Gasteiger partial charge >= 0.3 is 0 Å². The van der Waals surface area contributed by atoms with E-state index in [1.807, 2.05) is 0 Å². The Balaban J connectivity index is 2.35. The number of carbonyl (C=O) groups is 1. The van der Waals surface area contributed by atoms with E-state index < -0.39 is 28.2 Å². The number of aromatic nitrogens is 1. The zero-order chi connectivity index (χ0) is 14.7. The van der Waals surface area contributed by atoms with Gasteiger partial charge in [-0.1, -0.05) is 0 Å². The number of nitrogens with one attached hydrogen (secondary N) is 1. The molecule has 0 aliphatic heterocycles. The first-order chi connectivity index (χ1) is 9.49. The van der Waals surface area contributed by atoms with Crippen LogP contribution in [-0.4, -0.2) is 15.8 Å². The Morgan fingerprint density at radius 1 is 1.30 bits per heavy atom. The van der Waals surface area contributed by atoms with Crippen molar-refractivity contribution in [2.75, 3.05) is 5.32 Å². The highest BCUT2D eigenvalue weighted by Gasteiger charge is 2.21.